The summed E-state index contributed by atoms with van der Waals surface area (Å²) in [6, 6.07) is -0.288. The first-order chi connectivity index (χ1) is 8.45. The second-order valence-corrected chi connectivity index (χ2v) is 6.11. The summed E-state index contributed by atoms with van der Waals surface area (Å²) in [6.45, 7) is 7.44. The first-order valence-electron chi connectivity index (χ1n) is 6.78. The fourth-order valence-electron chi connectivity index (χ4n) is 2.77. The van der Waals surface area contributed by atoms with Gasteiger partial charge in [-0.2, -0.15) is 0 Å². The van der Waals surface area contributed by atoms with Crippen molar-refractivity contribution in [2.24, 2.45) is 5.92 Å². The number of carboxylic acids is 1. The molecular formula is C13H24N2O3. The lowest BCUT2D eigenvalue weighted by Gasteiger charge is -2.44. The van der Waals surface area contributed by atoms with E-state index in [1.807, 2.05) is 13.8 Å². The van der Waals surface area contributed by atoms with Crippen molar-refractivity contribution in [3.05, 3.63) is 0 Å². The highest BCUT2D eigenvalue weighted by molar-refractivity contribution is 5.74. The molecule has 1 saturated heterocycles. The molecule has 0 amide bonds. The molecule has 5 nitrogen and oxygen atoms in total. The van der Waals surface area contributed by atoms with E-state index >= 15 is 0 Å². The van der Waals surface area contributed by atoms with Crippen molar-refractivity contribution in [3.8, 4) is 0 Å². The second kappa shape index (κ2) is 5.15. The topological polar surface area (TPSA) is 64.0 Å². The molecule has 0 spiro atoms. The molecule has 0 aromatic heterocycles. The van der Waals surface area contributed by atoms with Gasteiger partial charge in [-0.05, 0) is 32.6 Å². The monoisotopic (exact) mass is 256 g/mol. The molecule has 1 saturated carbocycles. The molecule has 0 aromatic carbocycles. The van der Waals surface area contributed by atoms with Crippen molar-refractivity contribution < 1.29 is 15.0 Å². The number of hydrogen-bond acceptors (Lipinski definition) is 4. The summed E-state index contributed by atoms with van der Waals surface area (Å²) in [7, 11) is 0. The van der Waals surface area contributed by atoms with Crippen LogP contribution in [-0.4, -0.2) is 70.3 Å². The van der Waals surface area contributed by atoms with Crippen molar-refractivity contribution in [1.82, 2.24) is 9.80 Å². The van der Waals surface area contributed by atoms with Crippen LogP contribution < -0.4 is 0 Å². The predicted molar refractivity (Wildman–Crippen MR) is 68.5 cm³/mol. The maximum Gasteiger partial charge on any atom is 0.321 e. The van der Waals surface area contributed by atoms with Crippen LogP contribution in [0.15, 0.2) is 0 Å². The van der Waals surface area contributed by atoms with E-state index < -0.39 is 5.97 Å². The van der Waals surface area contributed by atoms with Crippen LogP contribution in [0.5, 0.6) is 0 Å². The fourth-order valence-corrected chi connectivity index (χ4v) is 2.77. The number of aliphatic hydroxyl groups is 1. The Bertz CT molecular complexity index is 307. The van der Waals surface area contributed by atoms with Crippen molar-refractivity contribution in [1.29, 1.82) is 0 Å². The molecule has 2 rings (SSSR count). The molecule has 5 heteroatoms. The zero-order valence-electron chi connectivity index (χ0n) is 11.3. The first kappa shape index (κ1) is 13.8. The zero-order valence-corrected chi connectivity index (χ0v) is 11.3. The molecule has 2 N–H and O–H groups in total. The van der Waals surface area contributed by atoms with Crippen molar-refractivity contribution in [3.63, 3.8) is 0 Å². The summed E-state index contributed by atoms with van der Waals surface area (Å²) in [5.74, 6) is -0.313. The van der Waals surface area contributed by atoms with E-state index in [1.165, 1.54) is 0 Å². The number of aliphatic carboxylic acids is 1. The van der Waals surface area contributed by atoms with Gasteiger partial charge in [-0.25, -0.2) is 0 Å². The number of rotatable bonds is 5. The van der Waals surface area contributed by atoms with Crippen molar-refractivity contribution in [2.45, 2.75) is 38.3 Å². The van der Waals surface area contributed by atoms with Crippen LogP contribution in [0.1, 0.15) is 26.7 Å². The van der Waals surface area contributed by atoms with Gasteiger partial charge >= 0.3 is 5.97 Å². The molecule has 0 bridgehead atoms. The lowest BCUT2D eigenvalue weighted by molar-refractivity contribution is -0.145. The van der Waals surface area contributed by atoms with Gasteiger partial charge in [0.2, 0.25) is 0 Å². The van der Waals surface area contributed by atoms with Gasteiger partial charge in [0.25, 0.3) is 0 Å². The molecule has 2 fully saturated rings. The van der Waals surface area contributed by atoms with Crippen molar-refractivity contribution in [2.75, 3.05) is 32.8 Å². The zero-order chi connectivity index (χ0) is 13.3. The number of aliphatic hydroxyl groups excluding tert-OH is 1. The molecule has 1 atom stereocenters. The lowest BCUT2D eigenvalue weighted by atomic mass is 10.0. The molecule has 0 radical (unpaired) electrons. The Labute approximate surface area is 108 Å². The van der Waals surface area contributed by atoms with Crippen LogP contribution in [0.25, 0.3) is 0 Å². The molecule has 0 aromatic rings. The highest BCUT2D eigenvalue weighted by Gasteiger charge is 2.42. The van der Waals surface area contributed by atoms with E-state index in [0.29, 0.717) is 5.92 Å². The number of piperazine rings is 1. The van der Waals surface area contributed by atoms with Gasteiger partial charge < -0.3 is 10.2 Å². The van der Waals surface area contributed by atoms with Gasteiger partial charge in [0.15, 0.2) is 0 Å². The third-order valence-corrected chi connectivity index (χ3v) is 4.27. The average molecular weight is 256 g/mol. The summed E-state index contributed by atoms with van der Waals surface area (Å²) in [5.41, 5.74) is -0.204. The summed E-state index contributed by atoms with van der Waals surface area (Å²) >= 11 is 0. The lowest BCUT2D eigenvalue weighted by Crippen LogP contribution is -2.59. The molecule has 1 aliphatic carbocycles. The Morgan fingerprint density at radius 2 is 1.83 bits per heavy atom. The molecule has 18 heavy (non-hydrogen) atoms. The van der Waals surface area contributed by atoms with Crippen LogP contribution in [0, 0.1) is 5.92 Å². The van der Waals surface area contributed by atoms with Crippen LogP contribution in [-0.2, 0) is 4.79 Å². The summed E-state index contributed by atoms with van der Waals surface area (Å²) in [4.78, 5) is 15.7. The highest BCUT2D eigenvalue weighted by Crippen LogP contribution is 2.36. The molecule has 1 heterocycles. The number of nitrogens with zero attached hydrogens (tertiary/aromatic N) is 2. The van der Waals surface area contributed by atoms with E-state index in [1.54, 1.807) is 0 Å². The van der Waals surface area contributed by atoms with E-state index in [9.17, 15) is 15.0 Å². The summed E-state index contributed by atoms with van der Waals surface area (Å²) in [5, 5.41) is 18.7. The number of carbonyl (C=O) groups is 1. The maximum absolute atomic E-state index is 11.3. The largest absolute Gasteiger partial charge is 0.480 e. The number of carboxylic acid groups (broad SMARTS) is 1. The Balaban J connectivity index is 1.91. The Kier molecular flexibility index (Phi) is 3.94. The third kappa shape index (κ3) is 2.84. The van der Waals surface area contributed by atoms with Crippen LogP contribution >= 0.6 is 0 Å². The smallest absolute Gasteiger partial charge is 0.321 e. The van der Waals surface area contributed by atoms with Gasteiger partial charge in [0.05, 0.1) is 6.61 Å². The second-order valence-electron chi connectivity index (χ2n) is 6.11. The van der Waals surface area contributed by atoms with Gasteiger partial charge in [-0.1, -0.05) is 0 Å². The minimum atomic E-state index is -0.674. The Morgan fingerprint density at radius 1 is 1.28 bits per heavy atom. The SMILES string of the molecule is CC(C)(CO)N1CCN(C(C(=O)O)C2CC2)CC1. The number of hydrogen-bond donors (Lipinski definition) is 2. The predicted octanol–water partition coefficient (Wildman–Crippen LogP) is 0.238. The van der Waals surface area contributed by atoms with Crippen LogP contribution in [0.2, 0.25) is 0 Å². The quantitative estimate of drug-likeness (QED) is 0.737. The molecule has 1 aliphatic heterocycles. The minimum absolute atomic E-state index is 0.137. The third-order valence-electron chi connectivity index (χ3n) is 4.27. The van der Waals surface area contributed by atoms with Crippen LogP contribution in [0.3, 0.4) is 0 Å². The fraction of sp³-hybridized carbons (Fsp3) is 0.923. The summed E-state index contributed by atoms with van der Waals surface area (Å²) in [6.07, 6.45) is 2.11. The van der Waals surface area contributed by atoms with E-state index in [4.69, 9.17) is 0 Å². The van der Waals surface area contributed by atoms with Crippen LogP contribution in [0.4, 0.5) is 0 Å². The highest BCUT2D eigenvalue weighted by atomic mass is 16.4. The minimum Gasteiger partial charge on any atom is -0.480 e. The van der Waals surface area contributed by atoms with Gasteiger partial charge in [-0.3, -0.25) is 14.6 Å². The standard InChI is InChI=1S/C13H24N2O3/c1-13(2,9-16)15-7-5-14(6-8-15)11(12(17)18)10-3-4-10/h10-11,16H,3-9H2,1-2H3,(H,17,18). The molecule has 104 valence electrons. The summed E-state index contributed by atoms with van der Waals surface area (Å²) < 4.78 is 0. The normalized spacial score (nSPS) is 25.1. The maximum atomic E-state index is 11.3. The Hall–Kier alpha value is -0.650. The Morgan fingerprint density at radius 3 is 2.22 bits per heavy atom. The van der Waals surface area contributed by atoms with Gasteiger partial charge in [0.1, 0.15) is 6.04 Å². The van der Waals surface area contributed by atoms with E-state index in [-0.39, 0.29) is 18.2 Å². The van der Waals surface area contributed by atoms with E-state index in [2.05, 4.69) is 9.80 Å². The molecule has 1 unspecified atom stereocenters. The molecular weight excluding hydrogens is 232 g/mol. The molecule has 2 aliphatic rings. The van der Waals surface area contributed by atoms with E-state index in [0.717, 1.165) is 39.0 Å². The van der Waals surface area contributed by atoms with Crippen molar-refractivity contribution >= 4 is 5.97 Å². The van der Waals surface area contributed by atoms with Gasteiger partial charge in [0, 0.05) is 31.7 Å². The average Bonchev–Trinajstić information content (AvgIpc) is 3.14. The van der Waals surface area contributed by atoms with Gasteiger partial charge in [-0.15, -0.1) is 0 Å². The first-order valence-corrected chi connectivity index (χ1v) is 6.78.